The van der Waals surface area contributed by atoms with Crippen LogP contribution in [0.25, 0.3) is 0 Å². The number of nitrogens with zero attached hydrogens (tertiary/aromatic N) is 1. The number of terminal acetylenes is 1. The molecule has 6 nitrogen and oxygen atoms in total. The molecule has 19 heavy (non-hydrogen) atoms. The lowest BCUT2D eigenvalue weighted by atomic mass is 10.1. The van der Waals surface area contributed by atoms with Gasteiger partial charge in [-0.05, 0) is 25.7 Å². The Morgan fingerprint density at radius 1 is 1.58 bits per heavy atom. The van der Waals surface area contributed by atoms with Crippen LogP contribution in [0.2, 0.25) is 0 Å². The topological polar surface area (TPSA) is 86.7 Å². The molecular formula is C12H20N2O4S. The maximum absolute atomic E-state index is 12.2. The normalized spacial score (nSPS) is 22.6. The molecule has 0 aromatic rings. The maximum atomic E-state index is 12.2. The van der Waals surface area contributed by atoms with E-state index in [0.717, 1.165) is 17.1 Å². The number of hydrogen-bond acceptors (Lipinski definition) is 3. The molecule has 1 aliphatic heterocycles. The largest absolute Gasteiger partial charge is 0.480 e. The van der Waals surface area contributed by atoms with E-state index in [1.807, 2.05) is 6.92 Å². The minimum Gasteiger partial charge on any atom is -0.480 e. The van der Waals surface area contributed by atoms with Crippen LogP contribution in [0, 0.1) is 12.3 Å². The van der Waals surface area contributed by atoms with Gasteiger partial charge in [0.15, 0.2) is 0 Å². The maximum Gasteiger partial charge on any atom is 0.322 e. The van der Waals surface area contributed by atoms with E-state index in [1.165, 1.54) is 0 Å². The number of hydrogen-bond donors (Lipinski definition) is 2. The summed E-state index contributed by atoms with van der Waals surface area (Å²) in [4.78, 5) is 11.1. The molecule has 0 radical (unpaired) electrons. The number of piperidine rings is 1. The van der Waals surface area contributed by atoms with E-state index in [2.05, 4.69) is 10.6 Å². The Kier molecular flexibility index (Phi) is 5.79. The summed E-state index contributed by atoms with van der Waals surface area (Å²) in [6.07, 6.45) is 8.28. The van der Waals surface area contributed by atoms with Crippen molar-refractivity contribution < 1.29 is 18.3 Å². The van der Waals surface area contributed by atoms with Gasteiger partial charge < -0.3 is 5.11 Å². The molecule has 1 heterocycles. The van der Waals surface area contributed by atoms with E-state index >= 15 is 0 Å². The summed E-state index contributed by atoms with van der Waals surface area (Å²) in [6, 6.07) is -1.59. The molecule has 7 heteroatoms. The zero-order valence-corrected chi connectivity index (χ0v) is 11.8. The van der Waals surface area contributed by atoms with Crippen LogP contribution >= 0.6 is 0 Å². The molecule has 0 spiro atoms. The van der Waals surface area contributed by atoms with E-state index in [-0.39, 0.29) is 6.54 Å². The highest BCUT2D eigenvalue weighted by molar-refractivity contribution is 7.87. The van der Waals surface area contributed by atoms with Gasteiger partial charge in [-0.25, -0.2) is 0 Å². The first-order valence-corrected chi connectivity index (χ1v) is 7.84. The molecule has 0 aromatic carbocycles. The smallest absolute Gasteiger partial charge is 0.322 e. The highest BCUT2D eigenvalue weighted by Crippen LogP contribution is 2.20. The second-order valence-electron chi connectivity index (χ2n) is 4.59. The number of nitrogens with one attached hydrogen (secondary N) is 1. The van der Waals surface area contributed by atoms with Gasteiger partial charge in [-0.2, -0.15) is 17.4 Å². The Morgan fingerprint density at radius 2 is 2.26 bits per heavy atom. The molecule has 2 unspecified atom stereocenters. The third-order valence-electron chi connectivity index (χ3n) is 3.12. The van der Waals surface area contributed by atoms with E-state index < -0.39 is 28.3 Å². The van der Waals surface area contributed by atoms with Crippen molar-refractivity contribution in [3.05, 3.63) is 0 Å². The summed E-state index contributed by atoms with van der Waals surface area (Å²) in [5.74, 6) is 1.26. The van der Waals surface area contributed by atoms with Crippen LogP contribution < -0.4 is 4.72 Å². The fourth-order valence-electron chi connectivity index (χ4n) is 2.15. The van der Waals surface area contributed by atoms with Crippen molar-refractivity contribution in [2.75, 3.05) is 6.54 Å². The third-order valence-corrected chi connectivity index (χ3v) is 4.75. The highest BCUT2D eigenvalue weighted by Gasteiger charge is 2.37. The molecule has 0 aromatic heterocycles. The highest BCUT2D eigenvalue weighted by atomic mass is 32.2. The zero-order chi connectivity index (χ0) is 14.5. The van der Waals surface area contributed by atoms with Crippen LogP contribution in [0.15, 0.2) is 0 Å². The molecule has 0 saturated carbocycles. The summed E-state index contributed by atoms with van der Waals surface area (Å²) in [5.41, 5.74) is 0. The van der Waals surface area contributed by atoms with Gasteiger partial charge in [0, 0.05) is 6.54 Å². The molecule has 2 N–H and O–H groups in total. The van der Waals surface area contributed by atoms with Crippen molar-refractivity contribution in [1.82, 2.24) is 9.03 Å². The Morgan fingerprint density at radius 3 is 2.79 bits per heavy atom. The first-order chi connectivity index (χ1) is 8.92. The molecule has 1 rings (SSSR count). The summed E-state index contributed by atoms with van der Waals surface area (Å²) in [5, 5.41) is 9.09. The van der Waals surface area contributed by atoms with Crippen molar-refractivity contribution in [2.45, 2.75) is 51.1 Å². The van der Waals surface area contributed by atoms with Crippen LogP contribution in [0.5, 0.6) is 0 Å². The van der Waals surface area contributed by atoms with Crippen molar-refractivity contribution >= 4 is 16.2 Å². The second kappa shape index (κ2) is 6.89. The van der Waals surface area contributed by atoms with E-state index in [0.29, 0.717) is 19.3 Å². The van der Waals surface area contributed by atoms with Gasteiger partial charge in [-0.3, -0.25) is 4.79 Å². The lowest BCUT2D eigenvalue weighted by Gasteiger charge is -2.32. The number of carboxylic acid groups (broad SMARTS) is 1. The quantitative estimate of drug-likeness (QED) is 0.699. The molecule has 2 atom stereocenters. The van der Waals surface area contributed by atoms with Gasteiger partial charge in [-0.15, -0.1) is 6.42 Å². The Balaban J connectivity index is 2.85. The molecule has 1 fully saturated rings. The lowest BCUT2D eigenvalue weighted by molar-refractivity contribution is -0.142. The average molecular weight is 288 g/mol. The van der Waals surface area contributed by atoms with Gasteiger partial charge in [0.2, 0.25) is 0 Å². The second-order valence-corrected chi connectivity index (χ2v) is 6.25. The monoisotopic (exact) mass is 288 g/mol. The standard InChI is InChI=1S/C12H20N2O4S/c1-3-7-10(4-2)13-19(17,18)14-9-6-5-8-11(14)12(15)16/h2,10-11,13H,3,5-9H2,1H3,(H,15,16). The van der Waals surface area contributed by atoms with Crippen molar-refractivity contribution in [1.29, 1.82) is 0 Å². The summed E-state index contributed by atoms with van der Waals surface area (Å²) in [7, 11) is -3.85. The molecule has 0 aliphatic carbocycles. The molecule has 1 saturated heterocycles. The lowest BCUT2D eigenvalue weighted by Crippen LogP contribution is -2.53. The fourth-order valence-corrected chi connectivity index (χ4v) is 3.73. The van der Waals surface area contributed by atoms with Crippen LogP contribution in [-0.4, -0.2) is 42.4 Å². The Hall–Kier alpha value is -1.10. The van der Waals surface area contributed by atoms with Crippen molar-refractivity contribution in [3.8, 4) is 12.3 Å². The van der Waals surface area contributed by atoms with Gasteiger partial charge in [0.25, 0.3) is 10.2 Å². The minimum absolute atomic E-state index is 0.218. The molecule has 108 valence electrons. The van der Waals surface area contributed by atoms with Crippen LogP contribution in [-0.2, 0) is 15.0 Å². The van der Waals surface area contributed by atoms with Crippen molar-refractivity contribution in [3.63, 3.8) is 0 Å². The Labute approximate surface area is 114 Å². The predicted octanol–water partition coefficient (Wildman–Crippen LogP) is 0.562. The van der Waals surface area contributed by atoms with E-state index in [4.69, 9.17) is 11.5 Å². The zero-order valence-electron chi connectivity index (χ0n) is 11.0. The number of carbonyl (C=O) groups is 1. The van der Waals surface area contributed by atoms with Crippen LogP contribution in [0.3, 0.4) is 0 Å². The number of aliphatic carboxylic acids is 1. The number of rotatable bonds is 6. The SMILES string of the molecule is C#CC(CCC)NS(=O)(=O)N1CCCCC1C(=O)O. The summed E-state index contributed by atoms with van der Waals surface area (Å²) < 4.78 is 27.8. The third kappa shape index (κ3) is 4.20. The first-order valence-electron chi connectivity index (χ1n) is 6.40. The minimum atomic E-state index is -3.85. The molecule has 0 bridgehead atoms. The summed E-state index contributed by atoms with van der Waals surface area (Å²) in [6.45, 7) is 2.12. The Bertz CT molecular complexity index is 455. The van der Waals surface area contributed by atoms with Crippen molar-refractivity contribution in [2.24, 2.45) is 0 Å². The number of carboxylic acids is 1. The van der Waals surface area contributed by atoms with Gasteiger partial charge in [0.1, 0.15) is 6.04 Å². The van der Waals surface area contributed by atoms with Gasteiger partial charge in [-0.1, -0.05) is 19.3 Å². The van der Waals surface area contributed by atoms with E-state index in [1.54, 1.807) is 0 Å². The fraction of sp³-hybridized carbons (Fsp3) is 0.750. The van der Waals surface area contributed by atoms with E-state index in [9.17, 15) is 13.2 Å². The van der Waals surface area contributed by atoms with Gasteiger partial charge >= 0.3 is 5.97 Å². The molecular weight excluding hydrogens is 268 g/mol. The summed E-state index contributed by atoms with van der Waals surface area (Å²) >= 11 is 0. The average Bonchev–Trinajstić information content (AvgIpc) is 2.38. The predicted molar refractivity (Wildman–Crippen MR) is 71.6 cm³/mol. The molecule has 0 amide bonds. The van der Waals surface area contributed by atoms with Gasteiger partial charge in [0.05, 0.1) is 6.04 Å². The first kappa shape index (κ1) is 16.0. The molecule has 1 aliphatic rings. The van der Waals surface area contributed by atoms with Crippen LogP contribution in [0.1, 0.15) is 39.0 Å². The van der Waals surface area contributed by atoms with Crippen LogP contribution in [0.4, 0.5) is 0 Å².